The molecule has 1 aromatic heterocycles. The van der Waals surface area contributed by atoms with Crippen LogP contribution in [0.15, 0.2) is 17.2 Å². The highest BCUT2D eigenvalue weighted by atomic mass is 35.5. The molecule has 1 aromatic carbocycles. The Morgan fingerprint density at radius 3 is 2.27 bits per heavy atom. The highest BCUT2D eigenvalue weighted by molar-refractivity contribution is 6.32. The largest absolute Gasteiger partial charge is 0.367 e. The third kappa shape index (κ3) is 4.75. The van der Waals surface area contributed by atoms with E-state index in [-0.39, 0.29) is 28.5 Å². The lowest BCUT2D eigenvalue weighted by atomic mass is 10.1. The van der Waals surface area contributed by atoms with Gasteiger partial charge in [-0.15, -0.1) is 0 Å². The van der Waals surface area contributed by atoms with Gasteiger partial charge in [0, 0.05) is 32.3 Å². The number of nitrogens with zero attached hydrogens (tertiary/aromatic N) is 4. The molecule has 0 spiro atoms. The summed E-state index contributed by atoms with van der Waals surface area (Å²) in [5.41, 5.74) is 1.97. The number of hydrogen-bond acceptors (Lipinski definition) is 5. The fraction of sp³-hybridized carbons (Fsp3) is 0.312. The Morgan fingerprint density at radius 2 is 1.73 bits per heavy atom. The van der Waals surface area contributed by atoms with E-state index in [4.69, 9.17) is 11.6 Å². The summed E-state index contributed by atoms with van der Waals surface area (Å²) in [4.78, 5) is 9.82. The summed E-state index contributed by atoms with van der Waals surface area (Å²) in [5, 5.41) is 6.64. The Labute approximate surface area is 154 Å². The standard InChI is InChI=1S/C16H18ClF3N6/c1-8(2)22-15-13(12-10(19)5-9(18)6-11(12)20)14(17)23-16(24-15)25-21-7-26(3)4/h5-8H,1-4H3,(H2,22,23,24,25)/b21-7+. The second-order valence-corrected chi connectivity index (χ2v) is 6.28. The van der Waals surface area contributed by atoms with Crippen LogP contribution in [0.4, 0.5) is 24.9 Å². The maximum Gasteiger partial charge on any atom is 0.246 e. The lowest BCUT2D eigenvalue weighted by Crippen LogP contribution is -2.15. The van der Waals surface area contributed by atoms with Crippen molar-refractivity contribution < 1.29 is 13.2 Å². The maximum absolute atomic E-state index is 14.2. The van der Waals surface area contributed by atoms with Crippen LogP contribution >= 0.6 is 11.6 Å². The van der Waals surface area contributed by atoms with E-state index in [9.17, 15) is 13.2 Å². The molecule has 1 heterocycles. The Bertz CT molecular complexity index is 803. The first-order valence-electron chi connectivity index (χ1n) is 7.63. The predicted molar refractivity (Wildman–Crippen MR) is 96.9 cm³/mol. The minimum atomic E-state index is -1.11. The van der Waals surface area contributed by atoms with Gasteiger partial charge in [0.15, 0.2) is 0 Å². The first kappa shape index (κ1) is 19.8. The fourth-order valence-corrected chi connectivity index (χ4v) is 2.33. The molecule has 0 saturated carbocycles. The Kier molecular flexibility index (Phi) is 6.25. The average molecular weight is 387 g/mol. The number of rotatable bonds is 6. The second-order valence-electron chi connectivity index (χ2n) is 5.93. The average Bonchev–Trinajstić information content (AvgIpc) is 2.47. The van der Waals surface area contributed by atoms with Crippen molar-refractivity contribution in [3.63, 3.8) is 0 Å². The van der Waals surface area contributed by atoms with E-state index in [2.05, 4.69) is 25.8 Å². The van der Waals surface area contributed by atoms with Crippen LogP contribution in [-0.2, 0) is 0 Å². The maximum atomic E-state index is 14.2. The summed E-state index contributed by atoms with van der Waals surface area (Å²) in [6.45, 7) is 3.63. The molecule has 0 aliphatic carbocycles. The summed E-state index contributed by atoms with van der Waals surface area (Å²) in [6, 6.07) is 1.02. The van der Waals surface area contributed by atoms with Crippen LogP contribution in [0.25, 0.3) is 11.1 Å². The van der Waals surface area contributed by atoms with Gasteiger partial charge in [-0.25, -0.2) is 18.6 Å². The predicted octanol–water partition coefficient (Wildman–Crippen LogP) is 3.95. The van der Waals surface area contributed by atoms with Crippen molar-refractivity contribution in [3.05, 3.63) is 34.7 Å². The molecule has 2 N–H and O–H groups in total. The minimum Gasteiger partial charge on any atom is -0.367 e. The molecule has 0 atom stereocenters. The third-order valence-corrected chi connectivity index (χ3v) is 3.27. The molecule has 0 amide bonds. The van der Waals surface area contributed by atoms with Crippen molar-refractivity contribution in [2.45, 2.75) is 19.9 Å². The van der Waals surface area contributed by atoms with Gasteiger partial charge in [-0.3, -0.25) is 0 Å². The summed E-state index contributed by atoms with van der Waals surface area (Å²) in [6.07, 6.45) is 1.47. The first-order valence-corrected chi connectivity index (χ1v) is 8.01. The molecule has 26 heavy (non-hydrogen) atoms. The van der Waals surface area contributed by atoms with E-state index >= 15 is 0 Å². The van der Waals surface area contributed by atoms with Crippen molar-refractivity contribution in [1.29, 1.82) is 0 Å². The number of anilines is 2. The topological polar surface area (TPSA) is 65.4 Å². The molecule has 0 fully saturated rings. The normalized spacial score (nSPS) is 11.3. The number of benzene rings is 1. The summed E-state index contributed by atoms with van der Waals surface area (Å²) in [5.74, 6) is -3.12. The van der Waals surface area contributed by atoms with Crippen molar-refractivity contribution in [3.8, 4) is 11.1 Å². The monoisotopic (exact) mass is 386 g/mol. The minimum absolute atomic E-state index is 0.0305. The van der Waals surface area contributed by atoms with Crippen molar-refractivity contribution in [2.75, 3.05) is 24.8 Å². The molecule has 0 unspecified atom stereocenters. The van der Waals surface area contributed by atoms with Gasteiger partial charge in [-0.1, -0.05) is 11.6 Å². The van der Waals surface area contributed by atoms with E-state index in [0.29, 0.717) is 12.1 Å². The van der Waals surface area contributed by atoms with Crippen molar-refractivity contribution in [1.82, 2.24) is 14.9 Å². The number of aromatic nitrogens is 2. The van der Waals surface area contributed by atoms with Gasteiger partial charge < -0.3 is 10.2 Å². The molecule has 0 bridgehead atoms. The summed E-state index contributed by atoms with van der Waals surface area (Å²) in [7, 11) is 3.54. The van der Waals surface area contributed by atoms with E-state index < -0.39 is 23.0 Å². The van der Waals surface area contributed by atoms with E-state index in [1.54, 1.807) is 19.0 Å². The fourth-order valence-electron chi connectivity index (χ4n) is 2.07. The van der Waals surface area contributed by atoms with Gasteiger partial charge in [0.2, 0.25) is 5.95 Å². The molecule has 2 rings (SSSR count). The van der Waals surface area contributed by atoms with Crippen LogP contribution < -0.4 is 10.7 Å². The zero-order chi connectivity index (χ0) is 19.4. The van der Waals surface area contributed by atoms with Gasteiger partial charge in [0.25, 0.3) is 0 Å². The molecule has 0 aliphatic heterocycles. The lowest BCUT2D eigenvalue weighted by molar-refractivity contribution is 0.548. The van der Waals surface area contributed by atoms with E-state index in [1.807, 2.05) is 13.8 Å². The van der Waals surface area contributed by atoms with E-state index in [0.717, 1.165) is 0 Å². The Morgan fingerprint density at radius 1 is 1.12 bits per heavy atom. The molecule has 0 aliphatic rings. The SMILES string of the molecule is CC(C)Nc1nc(N/N=C/N(C)C)nc(Cl)c1-c1c(F)cc(F)cc1F. The Hall–Kier alpha value is -2.55. The van der Waals surface area contributed by atoms with Gasteiger partial charge in [0.05, 0.1) is 11.1 Å². The van der Waals surface area contributed by atoms with Crippen LogP contribution in [0.5, 0.6) is 0 Å². The van der Waals surface area contributed by atoms with Crippen molar-refractivity contribution >= 4 is 29.7 Å². The van der Waals surface area contributed by atoms with Crippen LogP contribution in [0.1, 0.15) is 13.8 Å². The number of halogens is 4. The van der Waals surface area contributed by atoms with Crippen LogP contribution in [0.2, 0.25) is 5.15 Å². The van der Waals surface area contributed by atoms with Crippen molar-refractivity contribution in [2.24, 2.45) is 5.10 Å². The lowest BCUT2D eigenvalue weighted by Gasteiger charge is -2.17. The van der Waals surface area contributed by atoms with Gasteiger partial charge >= 0.3 is 0 Å². The summed E-state index contributed by atoms with van der Waals surface area (Å²) < 4.78 is 41.7. The number of hydrazone groups is 1. The molecule has 10 heteroatoms. The number of hydrogen-bond donors (Lipinski definition) is 2. The van der Waals surface area contributed by atoms with Gasteiger partial charge in [-0.05, 0) is 13.8 Å². The first-order chi connectivity index (χ1) is 12.2. The quantitative estimate of drug-likeness (QED) is 0.340. The molecule has 6 nitrogen and oxygen atoms in total. The van der Waals surface area contributed by atoms with Crippen LogP contribution in [0, 0.1) is 17.5 Å². The highest BCUT2D eigenvalue weighted by Gasteiger charge is 2.23. The van der Waals surface area contributed by atoms with Gasteiger partial charge in [-0.2, -0.15) is 15.1 Å². The molecule has 0 radical (unpaired) electrons. The molecular formula is C16H18ClF3N6. The summed E-state index contributed by atoms with van der Waals surface area (Å²) >= 11 is 6.16. The molecular weight excluding hydrogens is 369 g/mol. The van der Waals surface area contributed by atoms with E-state index in [1.165, 1.54) is 6.34 Å². The number of nitrogens with one attached hydrogen (secondary N) is 2. The second kappa shape index (κ2) is 8.22. The highest BCUT2D eigenvalue weighted by Crippen LogP contribution is 2.37. The van der Waals surface area contributed by atoms with Crippen LogP contribution in [0.3, 0.4) is 0 Å². The van der Waals surface area contributed by atoms with Crippen LogP contribution in [-0.4, -0.2) is 41.3 Å². The third-order valence-electron chi connectivity index (χ3n) is 3.00. The zero-order valence-corrected chi connectivity index (χ0v) is 15.4. The Balaban J connectivity index is 2.58. The zero-order valence-electron chi connectivity index (χ0n) is 14.6. The molecule has 2 aromatic rings. The van der Waals surface area contributed by atoms with Gasteiger partial charge in [0.1, 0.15) is 34.8 Å². The molecule has 140 valence electrons. The smallest absolute Gasteiger partial charge is 0.246 e. The molecule has 0 saturated heterocycles.